The summed E-state index contributed by atoms with van der Waals surface area (Å²) in [5, 5.41) is 3.36. The molecule has 0 radical (unpaired) electrons. The van der Waals surface area contributed by atoms with Gasteiger partial charge in [0.05, 0.1) is 16.6 Å². The molecule has 136 valence electrons. The second-order valence-corrected chi connectivity index (χ2v) is 7.90. The van der Waals surface area contributed by atoms with E-state index in [2.05, 4.69) is 10.3 Å². The molecule has 0 aliphatic rings. The third kappa shape index (κ3) is 3.81. The standard InChI is InChI=1S/C18H18FN3O2S2/c1-11-14-17(21-10-22(2)18(14)24)26-15(11)16(23)20-7-8-25-9-12-5-3-4-6-13(12)19/h3-6,10H,7-9H2,1-2H3,(H,20,23). The molecule has 0 atom stereocenters. The van der Waals surface area contributed by atoms with Gasteiger partial charge < -0.3 is 9.88 Å². The SMILES string of the molecule is Cc1c(C(=O)NCCSCc2ccccc2F)sc2ncn(C)c(=O)c12. The van der Waals surface area contributed by atoms with Crippen molar-refractivity contribution in [3.8, 4) is 0 Å². The Bertz CT molecular complexity index is 1010. The molecule has 0 aliphatic carbocycles. The van der Waals surface area contributed by atoms with Crippen LogP contribution in [-0.2, 0) is 12.8 Å². The molecule has 26 heavy (non-hydrogen) atoms. The quantitative estimate of drug-likeness (QED) is 0.656. The van der Waals surface area contributed by atoms with Crippen LogP contribution >= 0.6 is 23.1 Å². The minimum absolute atomic E-state index is 0.150. The lowest BCUT2D eigenvalue weighted by Crippen LogP contribution is -2.25. The molecular weight excluding hydrogens is 373 g/mol. The van der Waals surface area contributed by atoms with Gasteiger partial charge in [-0.2, -0.15) is 11.8 Å². The maximum atomic E-state index is 13.5. The van der Waals surface area contributed by atoms with Gasteiger partial charge in [0, 0.05) is 25.1 Å². The molecule has 0 fully saturated rings. The second-order valence-electron chi connectivity index (χ2n) is 5.80. The third-order valence-corrected chi connectivity index (χ3v) is 6.17. The lowest BCUT2D eigenvalue weighted by Gasteiger charge is -2.05. The fraction of sp³-hybridized carbons (Fsp3) is 0.278. The fourth-order valence-electron chi connectivity index (χ4n) is 2.54. The first-order valence-corrected chi connectivity index (χ1v) is 10.00. The van der Waals surface area contributed by atoms with Crippen LogP contribution in [0.15, 0.2) is 35.4 Å². The number of nitrogens with one attached hydrogen (secondary N) is 1. The monoisotopic (exact) mass is 391 g/mol. The highest BCUT2D eigenvalue weighted by atomic mass is 32.2. The highest BCUT2D eigenvalue weighted by Crippen LogP contribution is 2.26. The average molecular weight is 391 g/mol. The molecule has 1 N–H and O–H groups in total. The van der Waals surface area contributed by atoms with Crippen molar-refractivity contribution < 1.29 is 9.18 Å². The number of hydrogen-bond acceptors (Lipinski definition) is 5. The van der Waals surface area contributed by atoms with Gasteiger partial charge in [0.25, 0.3) is 11.5 Å². The van der Waals surface area contributed by atoms with Crippen molar-refractivity contribution in [2.75, 3.05) is 12.3 Å². The minimum Gasteiger partial charge on any atom is -0.351 e. The molecule has 1 amide bonds. The van der Waals surface area contributed by atoms with E-state index in [0.29, 0.717) is 44.3 Å². The number of fused-ring (bicyclic) bond motifs is 1. The van der Waals surface area contributed by atoms with E-state index in [9.17, 15) is 14.0 Å². The van der Waals surface area contributed by atoms with E-state index in [1.54, 1.807) is 37.9 Å². The number of thiophene rings is 1. The number of rotatable bonds is 6. The molecule has 3 rings (SSSR count). The molecule has 0 aliphatic heterocycles. The molecule has 0 saturated carbocycles. The number of aromatic nitrogens is 2. The van der Waals surface area contributed by atoms with Crippen molar-refractivity contribution in [1.82, 2.24) is 14.9 Å². The van der Waals surface area contributed by atoms with Gasteiger partial charge >= 0.3 is 0 Å². The number of benzene rings is 1. The first-order chi connectivity index (χ1) is 12.5. The van der Waals surface area contributed by atoms with Gasteiger partial charge in [-0.05, 0) is 24.1 Å². The molecule has 0 bridgehead atoms. The Morgan fingerprint density at radius 2 is 2.15 bits per heavy atom. The van der Waals surface area contributed by atoms with Gasteiger partial charge in [-0.3, -0.25) is 9.59 Å². The molecule has 2 heterocycles. The number of aryl methyl sites for hydroxylation is 2. The highest BCUT2D eigenvalue weighted by molar-refractivity contribution is 7.98. The molecule has 8 heteroatoms. The maximum Gasteiger partial charge on any atom is 0.262 e. The van der Waals surface area contributed by atoms with Crippen molar-refractivity contribution in [2.24, 2.45) is 7.05 Å². The molecule has 0 unspecified atom stereocenters. The summed E-state index contributed by atoms with van der Waals surface area (Å²) < 4.78 is 14.9. The number of carbonyl (C=O) groups is 1. The molecule has 1 aromatic carbocycles. The largest absolute Gasteiger partial charge is 0.351 e. The van der Waals surface area contributed by atoms with Gasteiger partial charge in [-0.15, -0.1) is 11.3 Å². The van der Waals surface area contributed by atoms with E-state index in [0.717, 1.165) is 0 Å². The normalized spacial score (nSPS) is 11.0. The van der Waals surface area contributed by atoms with E-state index >= 15 is 0 Å². The van der Waals surface area contributed by atoms with Gasteiger partial charge in [-0.25, -0.2) is 9.37 Å². The minimum atomic E-state index is -0.209. The Kier molecular flexibility index (Phi) is 5.73. The van der Waals surface area contributed by atoms with Crippen LogP contribution in [0.3, 0.4) is 0 Å². The van der Waals surface area contributed by atoms with Crippen molar-refractivity contribution in [1.29, 1.82) is 0 Å². The van der Waals surface area contributed by atoms with E-state index < -0.39 is 0 Å². The lowest BCUT2D eigenvalue weighted by molar-refractivity contribution is 0.0959. The van der Waals surface area contributed by atoms with Crippen LogP contribution in [0.4, 0.5) is 4.39 Å². The topological polar surface area (TPSA) is 64.0 Å². The van der Waals surface area contributed by atoms with Crippen molar-refractivity contribution in [3.63, 3.8) is 0 Å². The summed E-state index contributed by atoms with van der Waals surface area (Å²) in [6.07, 6.45) is 1.46. The van der Waals surface area contributed by atoms with Crippen LogP contribution in [0.2, 0.25) is 0 Å². The van der Waals surface area contributed by atoms with Crippen LogP contribution in [0.25, 0.3) is 10.2 Å². The second kappa shape index (κ2) is 8.01. The number of hydrogen-bond donors (Lipinski definition) is 1. The molecule has 5 nitrogen and oxygen atoms in total. The van der Waals surface area contributed by atoms with E-state index in [1.165, 1.54) is 28.3 Å². The van der Waals surface area contributed by atoms with E-state index in [-0.39, 0.29) is 17.3 Å². The van der Waals surface area contributed by atoms with E-state index in [1.807, 2.05) is 6.07 Å². The lowest BCUT2D eigenvalue weighted by atomic mass is 10.2. The number of nitrogens with zero attached hydrogens (tertiary/aromatic N) is 2. The van der Waals surface area contributed by atoms with Crippen molar-refractivity contribution >= 4 is 39.2 Å². The summed E-state index contributed by atoms with van der Waals surface area (Å²) in [7, 11) is 1.64. The van der Waals surface area contributed by atoms with Crippen LogP contribution in [0.1, 0.15) is 20.8 Å². The van der Waals surface area contributed by atoms with Crippen molar-refractivity contribution in [2.45, 2.75) is 12.7 Å². The van der Waals surface area contributed by atoms with Crippen LogP contribution < -0.4 is 10.9 Å². The summed E-state index contributed by atoms with van der Waals surface area (Å²) in [4.78, 5) is 29.9. The number of carbonyl (C=O) groups excluding carboxylic acids is 1. The van der Waals surface area contributed by atoms with Gasteiger partial charge in [0.2, 0.25) is 0 Å². The molecule has 2 aromatic heterocycles. The predicted molar refractivity (Wildman–Crippen MR) is 104 cm³/mol. The summed E-state index contributed by atoms with van der Waals surface area (Å²) in [5.74, 6) is 0.812. The Morgan fingerprint density at radius 1 is 1.38 bits per heavy atom. The zero-order chi connectivity index (χ0) is 18.7. The highest BCUT2D eigenvalue weighted by Gasteiger charge is 2.18. The van der Waals surface area contributed by atoms with Crippen LogP contribution in [0, 0.1) is 12.7 Å². The predicted octanol–water partition coefficient (Wildman–Crippen LogP) is 3.11. The molecule has 3 aromatic rings. The first-order valence-electron chi connectivity index (χ1n) is 8.03. The summed E-state index contributed by atoms with van der Waals surface area (Å²) in [6.45, 7) is 2.24. The van der Waals surface area contributed by atoms with Gasteiger partial charge in [0.15, 0.2) is 0 Å². The number of amides is 1. The zero-order valence-electron chi connectivity index (χ0n) is 14.4. The Labute approximate surface area is 158 Å². The number of halogens is 1. The zero-order valence-corrected chi connectivity index (χ0v) is 16.0. The van der Waals surface area contributed by atoms with Crippen molar-refractivity contribution in [3.05, 3.63) is 62.8 Å². The summed E-state index contributed by atoms with van der Waals surface area (Å²) in [5.41, 5.74) is 1.17. The van der Waals surface area contributed by atoms with E-state index in [4.69, 9.17) is 0 Å². The van der Waals surface area contributed by atoms with Crippen LogP contribution in [0.5, 0.6) is 0 Å². The summed E-state index contributed by atoms with van der Waals surface area (Å²) >= 11 is 2.78. The third-order valence-electron chi connectivity index (χ3n) is 3.96. The smallest absolute Gasteiger partial charge is 0.262 e. The summed E-state index contributed by atoms with van der Waals surface area (Å²) in [6, 6.07) is 6.68. The fourth-order valence-corrected chi connectivity index (χ4v) is 4.44. The van der Waals surface area contributed by atoms with Crippen LogP contribution in [-0.4, -0.2) is 27.8 Å². The molecule has 0 saturated heterocycles. The Hall–Kier alpha value is -2.19. The maximum absolute atomic E-state index is 13.5. The number of thioether (sulfide) groups is 1. The first kappa shape index (κ1) is 18.6. The van der Waals surface area contributed by atoms with Gasteiger partial charge in [0.1, 0.15) is 10.6 Å². The Morgan fingerprint density at radius 3 is 2.92 bits per heavy atom. The van der Waals surface area contributed by atoms with Gasteiger partial charge in [-0.1, -0.05) is 18.2 Å². The molecule has 0 spiro atoms. The molecular formula is C18H18FN3O2S2. The average Bonchev–Trinajstić information content (AvgIpc) is 2.96. The Balaban J connectivity index is 1.58.